The second-order valence-corrected chi connectivity index (χ2v) is 3.99. The molecule has 14 heavy (non-hydrogen) atoms. The molecule has 0 aromatic heterocycles. The molecule has 1 aliphatic carbocycles. The lowest BCUT2D eigenvalue weighted by atomic mass is 9.64. The van der Waals surface area contributed by atoms with E-state index >= 15 is 0 Å². The van der Waals surface area contributed by atoms with Gasteiger partial charge in [0.15, 0.2) is 0 Å². The van der Waals surface area contributed by atoms with Crippen LogP contribution < -0.4 is 0 Å². The van der Waals surface area contributed by atoms with E-state index in [0.717, 1.165) is 5.56 Å². The van der Waals surface area contributed by atoms with Crippen molar-refractivity contribution in [3.63, 3.8) is 0 Å². The second-order valence-electron chi connectivity index (χ2n) is 3.99. The van der Waals surface area contributed by atoms with Crippen molar-refractivity contribution in [3.05, 3.63) is 29.8 Å². The van der Waals surface area contributed by atoms with Crippen molar-refractivity contribution in [2.75, 3.05) is 6.61 Å². The molecule has 1 aliphatic rings. The number of hydrogen-bond donors (Lipinski definition) is 2. The van der Waals surface area contributed by atoms with Gasteiger partial charge in [-0.1, -0.05) is 12.1 Å². The Morgan fingerprint density at radius 2 is 2.14 bits per heavy atom. The van der Waals surface area contributed by atoms with Gasteiger partial charge in [0.2, 0.25) is 0 Å². The van der Waals surface area contributed by atoms with E-state index in [9.17, 15) is 14.6 Å². The first kappa shape index (κ1) is 9.46. The molecule has 2 rings (SSSR count). The van der Waals surface area contributed by atoms with Gasteiger partial charge in [-0.05, 0) is 30.5 Å². The first-order valence-corrected chi connectivity index (χ1v) is 4.71. The van der Waals surface area contributed by atoms with Gasteiger partial charge in [-0.25, -0.2) is 4.39 Å². The molecule has 76 valence electrons. The summed E-state index contributed by atoms with van der Waals surface area (Å²) in [6, 6.07) is 6.71. The number of hydrogen-bond acceptors (Lipinski definition) is 2. The summed E-state index contributed by atoms with van der Waals surface area (Å²) in [5, 5.41) is 18.5. The average Bonchev–Trinajstić information content (AvgIpc) is 2.12. The topological polar surface area (TPSA) is 40.5 Å². The lowest BCUT2D eigenvalue weighted by molar-refractivity contribution is 0.0409. The average molecular weight is 196 g/mol. The summed E-state index contributed by atoms with van der Waals surface area (Å²) >= 11 is 0. The van der Waals surface area contributed by atoms with Crippen LogP contribution >= 0.6 is 0 Å². The highest BCUT2D eigenvalue weighted by molar-refractivity contribution is 5.35. The van der Waals surface area contributed by atoms with Gasteiger partial charge in [-0.3, -0.25) is 0 Å². The SMILES string of the molecule is OCC1(c2cccc(O)c2)CC(F)C1. The van der Waals surface area contributed by atoms with Crippen LogP contribution in [-0.2, 0) is 5.41 Å². The minimum absolute atomic E-state index is 0.0587. The van der Waals surface area contributed by atoms with Crippen LogP contribution in [0.2, 0.25) is 0 Å². The molecule has 1 aromatic carbocycles. The number of rotatable bonds is 2. The van der Waals surface area contributed by atoms with Crippen molar-refractivity contribution in [1.82, 2.24) is 0 Å². The minimum Gasteiger partial charge on any atom is -0.508 e. The van der Waals surface area contributed by atoms with Crippen LogP contribution in [0.5, 0.6) is 5.75 Å². The molecule has 0 aliphatic heterocycles. The van der Waals surface area contributed by atoms with Crippen LogP contribution in [0, 0.1) is 0 Å². The predicted molar refractivity (Wildman–Crippen MR) is 51.0 cm³/mol. The van der Waals surface area contributed by atoms with Crippen LogP contribution in [0.25, 0.3) is 0 Å². The first-order chi connectivity index (χ1) is 6.66. The monoisotopic (exact) mass is 196 g/mol. The van der Waals surface area contributed by atoms with Gasteiger partial charge in [0.1, 0.15) is 11.9 Å². The summed E-state index contributed by atoms with van der Waals surface area (Å²) in [5.41, 5.74) is 0.368. The molecule has 3 heteroatoms. The molecule has 0 amide bonds. The third-order valence-corrected chi connectivity index (χ3v) is 2.99. The Kier molecular flexibility index (Phi) is 2.19. The molecule has 1 aromatic rings. The van der Waals surface area contributed by atoms with E-state index in [1.807, 2.05) is 6.07 Å². The number of alkyl halides is 1. The Morgan fingerprint density at radius 1 is 1.43 bits per heavy atom. The predicted octanol–water partition coefficient (Wildman–Crippen LogP) is 1.75. The van der Waals surface area contributed by atoms with Gasteiger partial charge in [0.25, 0.3) is 0 Å². The normalized spacial score (nSPS) is 31.1. The molecular weight excluding hydrogens is 183 g/mol. The summed E-state index contributed by atoms with van der Waals surface area (Å²) in [7, 11) is 0. The van der Waals surface area contributed by atoms with Gasteiger partial charge in [-0.2, -0.15) is 0 Å². The van der Waals surface area contributed by atoms with Crippen molar-refractivity contribution in [2.45, 2.75) is 24.4 Å². The lowest BCUT2D eigenvalue weighted by Gasteiger charge is -2.43. The number of aliphatic hydroxyl groups is 1. The third-order valence-electron chi connectivity index (χ3n) is 2.99. The molecule has 0 bridgehead atoms. The maximum atomic E-state index is 12.8. The van der Waals surface area contributed by atoms with Crippen LogP contribution in [-0.4, -0.2) is 23.0 Å². The number of phenolic OH excluding ortho intramolecular Hbond substituents is 1. The fourth-order valence-corrected chi connectivity index (χ4v) is 2.08. The summed E-state index contributed by atoms with van der Waals surface area (Å²) in [4.78, 5) is 0. The third kappa shape index (κ3) is 1.38. The maximum absolute atomic E-state index is 12.8. The van der Waals surface area contributed by atoms with Crippen LogP contribution in [0.1, 0.15) is 18.4 Å². The van der Waals surface area contributed by atoms with E-state index in [1.54, 1.807) is 18.2 Å². The van der Waals surface area contributed by atoms with Gasteiger partial charge >= 0.3 is 0 Å². The first-order valence-electron chi connectivity index (χ1n) is 4.71. The van der Waals surface area contributed by atoms with Gasteiger partial charge < -0.3 is 10.2 Å². The molecule has 1 fully saturated rings. The Bertz CT molecular complexity index is 332. The van der Waals surface area contributed by atoms with Crippen LogP contribution in [0.15, 0.2) is 24.3 Å². The smallest absolute Gasteiger partial charge is 0.115 e. The highest BCUT2D eigenvalue weighted by atomic mass is 19.1. The molecule has 0 unspecified atom stereocenters. The van der Waals surface area contributed by atoms with Crippen molar-refractivity contribution in [3.8, 4) is 5.75 Å². The van der Waals surface area contributed by atoms with E-state index in [-0.39, 0.29) is 12.4 Å². The summed E-state index contributed by atoms with van der Waals surface area (Å²) < 4.78 is 12.8. The molecule has 0 heterocycles. The standard InChI is InChI=1S/C11H13FO2/c12-9-5-11(6-9,7-13)8-2-1-3-10(14)4-8/h1-4,9,13-14H,5-7H2. The summed E-state index contributed by atoms with van der Waals surface area (Å²) in [6.45, 7) is -0.0587. The maximum Gasteiger partial charge on any atom is 0.115 e. The number of aromatic hydroxyl groups is 1. The van der Waals surface area contributed by atoms with Crippen LogP contribution in [0.4, 0.5) is 4.39 Å². The lowest BCUT2D eigenvalue weighted by Crippen LogP contribution is -2.45. The zero-order valence-corrected chi connectivity index (χ0v) is 7.78. The van der Waals surface area contributed by atoms with E-state index in [1.165, 1.54) is 0 Å². The van der Waals surface area contributed by atoms with Crippen molar-refractivity contribution < 1.29 is 14.6 Å². The molecule has 2 N–H and O–H groups in total. The second kappa shape index (κ2) is 3.24. The Hall–Kier alpha value is -1.09. The van der Waals surface area contributed by atoms with E-state index in [4.69, 9.17) is 0 Å². The Balaban J connectivity index is 2.29. The fourth-order valence-electron chi connectivity index (χ4n) is 2.08. The Labute approximate surface area is 82.0 Å². The fraction of sp³-hybridized carbons (Fsp3) is 0.455. The van der Waals surface area contributed by atoms with Crippen LogP contribution in [0.3, 0.4) is 0 Å². The molecule has 0 atom stereocenters. The number of phenols is 1. The quantitative estimate of drug-likeness (QED) is 0.756. The molecule has 0 radical (unpaired) electrons. The van der Waals surface area contributed by atoms with Crippen molar-refractivity contribution in [1.29, 1.82) is 0 Å². The van der Waals surface area contributed by atoms with Crippen molar-refractivity contribution >= 4 is 0 Å². The van der Waals surface area contributed by atoms with E-state index in [2.05, 4.69) is 0 Å². The molecule has 2 nitrogen and oxygen atoms in total. The van der Waals surface area contributed by atoms with Crippen molar-refractivity contribution in [2.24, 2.45) is 0 Å². The van der Waals surface area contributed by atoms with E-state index in [0.29, 0.717) is 12.8 Å². The van der Waals surface area contributed by atoms with E-state index < -0.39 is 11.6 Å². The molecule has 0 saturated heterocycles. The highest BCUT2D eigenvalue weighted by Crippen LogP contribution is 2.45. The number of halogens is 1. The van der Waals surface area contributed by atoms with Gasteiger partial charge in [0, 0.05) is 5.41 Å². The largest absolute Gasteiger partial charge is 0.508 e. The van der Waals surface area contributed by atoms with Gasteiger partial charge in [0.05, 0.1) is 6.61 Å². The molecule has 0 spiro atoms. The summed E-state index contributed by atoms with van der Waals surface area (Å²) in [5.74, 6) is 0.164. The minimum atomic E-state index is -0.815. The number of benzene rings is 1. The zero-order chi connectivity index (χ0) is 10.2. The van der Waals surface area contributed by atoms with Gasteiger partial charge in [-0.15, -0.1) is 0 Å². The Morgan fingerprint density at radius 3 is 2.64 bits per heavy atom. The molecular formula is C11H13FO2. The number of aliphatic hydroxyl groups excluding tert-OH is 1. The highest BCUT2D eigenvalue weighted by Gasteiger charge is 2.45. The zero-order valence-electron chi connectivity index (χ0n) is 7.78. The summed E-state index contributed by atoms with van der Waals surface area (Å²) in [6.07, 6.45) is -0.107. The molecule has 1 saturated carbocycles.